The van der Waals surface area contributed by atoms with Crippen LogP contribution in [-0.2, 0) is 11.2 Å². The van der Waals surface area contributed by atoms with Gasteiger partial charge < -0.3 is 21.2 Å². The average molecular weight is 275 g/mol. The lowest BCUT2D eigenvalue weighted by molar-refractivity contribution is -0.117. The van der Waals surface area contributed by atoms with Gasteiger partial charge in [-0.15, -0.1) is 0 Å². The third kappa shape index (κ3) is 2.74. The van der Waals surface area contributed by atoms with E-state index in [1.807, 2.05) is 6.92 Å². The maximum Gasteiger partial charge on any atom is 0.251 e. The molecule has 2 amide bonds. The lowest BCUT2D eigenvalue weighted by Crippen LogP contribution is -2.18. The Morgan fingerprint density at radius 3 is 2.65 bits per heavy atom. The van der Waals surface area contributed by atoms with Crippen molar-refractivity contribution >= 4 is 22.7 Å². The number of amides is 2. The molecule has 0 saturated carbocycles. The molecule has 6 nitrogen and oxygen atoms in total. The summed E-state index contributed by atoms with van der Waals surface area (Å²) in [5.74, 6) is -0.418. The van der Waals surface area contributed by atoms with E-state index in [0.717, 1.165) is 6.42 Å². The third-order valence-corrected chi connectivity index (χ3v) is 2.92. The predicted octanol–water partition coefficient (Wildman–Crippen LogP) is 1.08. The van der Waals surface area contributed by atoms with Crippen molar-refractivity contribution in [3.63, 3.8) is 0 Å². The van der Waals surface area contributed by atoms with Crippen molar-refractivity contribution in [2.45, 2.75) is 19.8 Å². The summed E-state index contributed by atoms with van der Waals surface area (Å²) in [5.41, 5.74) is 12.0. The highest BCUT2D eigenvalue weighted by Gasteiger charge is 2.17. The number of primary amides is 2. The Kier molecular flexibility index (Phi) is 3.93. The standard InChI is InChI=1S/C14H17N3O3/c1-2-5-20-8-3-4-9-10(6-8)17-11(7-12(15)18)13(9)14(16)19/h3-4,6,17H,2,5,7H2,1H3,(H2,15,18)(H2,16,19). The van der Waals surface area contributed by atoms with E-state index in [9.17, 15) is 9.59 Å². The molecule has 1 aromatic carbocycles. The van der Waals surface area contributed by atoms with Gasteiger partial charge in [0.2, 0.25) is 5.91 Å². The van der Waals surface area contributed by atoms with Gasteiger partial charge in [0, 0.05) is 17.1 Å². The van der Waals surface area contributed by atoms with Crippen molar-refractivity contribution in [3.05, 3.63) is 29.5 Å². The molecule has 0 bridgehead atoms. The molecule has 0 radical (unpaired) electrons. The zero-order valence-corrected chi connectivity index (χ0v) is 11.2. The number of H-pyrrole nitrogens is 1. The van der Waals surface area contributed by atoms with Crippen molar-refractivity contribution in [2.75, 3.05) is 6.61 Å². The van der Waals surface area contributed by atoms with E-state index in [0.29, 0.717) is 34.5 Å². The van der Waals surface area contributed by atoms with Crippen LogP contribution in [0.15, 0.2) is 18.2 Å². The van der Waals surface area contributed by atoms with Crippen LogP contribution in [0.2, 0.25) is 0 Å². The molecular weight excluding hydrogens is 258 g/mol. The highest BCUT2D eigenvalue weighted by Crippen LogP contribution is 2.26. The molecule has 2 aromatic rings. The first-order valence-corrected chi connectivity index (χ1v) is 6.38. The molecule has 0 aliphatic heterocycles. The molecule has 5 N–H and O–H groups in total. The van der Waals surface area contributed by atoms with Crippen LogP contribution in [-0.4, -0.2) is 23.4 Å². The number of nitrogens with two attached hydrogens (primary N) is 2. The lowest BCUT2D eigenvalue weighted by atomic mass is 10.1. The summed E-state index contributed by atoms with van der Waals surface area (Å²) >= 11 is 0. The summed E-state index contributed by atoms with van der Waals surface area (Å²) in [7, 11) is 0. The van der Waals surface area contributed by atoms with Gasteiger partial charge in [0.25, 0.3) is 5.91 Å². The Hall–Kier alpha value is -2.50. The summed E-state index contributed by atoms with van der Waals surface area (Å²) < 4.78 is 5.53. The van der Waals surface area contributed by atoms with Gasteiger partial charge in [0.15, 0.2) is 0 Å². The Labute approximate surface area is 116 Å². The van der Waals surface area contributed by atoms with Crippen LogP contribution in [0, 0.1) is 0 Å². The zero-order valence-electron chi connectivity index (χ0n) is 11.2. The molecule has 106 valence electrons. The molecular formula is C14H17N3O3. The topological polar surface area (TPSA) is 111 Å². The first-order chi connectivity index (χ1) is 9.52. The summed E-state index contributed by atoms with van der Waals surface area (Å²) in [5, 5.41) is 0.664. The fourth-order valence-electron chi connectivity index (χ4n) is 2.13. The largest absolute Gasteiger partial charge is 0.494 e. The molecule has 0 saturated heterocycles. The molecule has 1 heterocycles. The smallest absolute Gasteiger partial charge is 0.251 e. The first kappa shape index (κ1) is 13.9. The van der Waals surface area contributed by atoms with Gasteiger partial charge in [-0.3, -0.25) is 9.59 Å². The molecule has 20 heavy (non-hydrogen) atoms. The Morgan fingerprint density at radius 1 is 1.30 bits per heavy atom. The lowest BCUT2D eigenvalue weighted by Gasteiger charge is -2.04. The molecule has 1 aromatic heterocycles. The molecule has 0 aliphatic rings. The molecule has 0 atom stereocenters. The second-order valence-electron chi connectivity index (χ2n) is 4.54. The number of aromatic amines is 1. The van der Waals surface area contributed by atoms with Crippen molar-refractivity contribution in [2.24, 2.45) is 11.5 Å². The minimum absolute atomic E-state index is 0.0574. The average Bonchev–Trinajstić information content (AvgIpc) is 2.72. The number of hydrogen-bond donors (Lipinski definition) is 3. The van der Waals surface area contributed by atoms with E-state index in [-0.39, 0.29) is 6.42 Å². The molecule has 0 fully saturated rings. The van der Waals surface area contributed by atoms with Crippen molar-refractivity contribution in [3.8, 4) is 5.75 Å². The number of hydrogen-bond acceptors (Lipinski definition) is 3. The summed E-state index contributed by atoms with van der Waals surface area (Å²) in [4.78, 5) is 25.6. The Bertz CT molecular complexity index is 661. The van der Waals surface area contributed by atoms with Gasteiger partial charge in [0.05, 0.1) is 24.1 Å². The zero-order chi connectivity index (χ0) is 14.7. The fraction of sp³-hybridized carbons (Fsp3) is 0.286. The maximum absolute atomic E-state index is 11.6. The minimum atomic E-state index is -0.588. The van der Waals surface area contributed by atoms with Gasteiger partial charge in [-0.2, -0.15) is 0 Å². The highest BCUT2D eigenvalue weighted by molar-refractivity contribution is 6.08. The van der Waals surface area contributed by atoms with Crippen LogP contribution in [0.3, 0.4) is 0 Å². The Balaban J connectivity index is 2.49. The normalized spacial score (nSPS) is 10.7. The molecule has 0 unspecified atom stereocenters. The monoisotopic (exact) mass is 275 g/mol. The first-order valence-electron chi connectivity index (χ1n) is 6.38. The second kappa shape index (κ2) is 5.64. The van der Waals surface area contributed by atoms with Gasteiger partial charge in [0.1, 0.15) is 5.75 Å². The van der Waals surface area contributed by atoms with Crippen molar-refractivity contribution in [1.29, 1.82) is 0 Å². The third-order valence-electron chi connectivity index (χ3n) is 2.92. The molecule has 2 rings (SSSR count). The molecule has 0 spiro atoms. The van der Waals surface area contributed by atoms with E-state index in [4.69, 9.17) is 16.2 Å². The predicted molar refractivity (Wildman–Crippen MR) is 75.5 cm³/mol. The van der Waals surface area contributed by atoms with Crippen LogP contribution < -0.4 is 16.2 Å². The van der Waals surface area contributed by atoms with Crippen molar-refractivity contribution < 1.29 is 14.3 Å². The molecule has 0 aliphatic carbocycles. The number of rotatable bonds is 6. The van der Waals surface area contributed by atoms with E-state index in [2.05, 4.69) is 4.98 Å². The van der Waals surface area contributed by atoms with E-state index in [1.54, 1.807) is 18.2 Å². The number of carbonyl (C=O) groups is 2. The quantitative estimate of drug-likeness (QED) is 0.733. The number of aromatic nitrogens is 1. The van der Waals surface area contributed by atoms with Crippen LogP contribution in [0.4, 0.5) is 0 Å². The summed E-state index contributed by atoms with van der Waals surface area (Å²) in [6.45, 7) is 2.63. The van der Waals surface area contributed by atoms with Crippen molar-refractivity contribution in [1.82, 2.24) is 4.98 Å². The fourth-order valence-corrected chi connectivity index (χ4v) is 2.13. The summed E-state index contributed by atoms with van der Waals surface area (Å²) in [6, 6.07) is 5.30. The van der Waals surface area contributed by atoms with E-state index >= 15 is 0 Å². The number of ether oxygens (including phenoxy) is 1. The highest BCUT2D eigenvalue weighted by atomic mass is 16.5. The number of nitrogens with one attached hydrogen (secondary N) is 1. The summed E-state index contributed by atoms with van der Waals surface area (Å²) in [6.07, 6.45) is 0.848. The minimum Gasteiger partial charge on any atom is -0.494 e. The number of benzene rings is 1. The number of carbonyl (C=O) groups excluding carboxylic acids is 2. The number of fused-ring (bicyclic) bond motifs is 1. The van der Waals surface area contributed by atoms with Crippen LogP contribution in [0.25, 0.3) is 10.9 Å². The Morgan fingerprint density at radius 2 is 2.05 bits per heavy atom. The van der Waals surface area contributed by atoms with Crippen LogP contribution >= 0.6 is 0 Å². The van der Waals surface area contributed by atoms with Crippen LogP contribution in [0.1, 0.15) is 29.4 Å². The van der Waals surface area contributed by atoms with Gasteiger partial charge in [-0.25, -0.2) is 0 Å². The van der Waals surface area contributed by atoms with E-state index < -0.39 is 11.8 Å². The molecule has 6 heteroatoms. The second-order valence-corrected chi connectivity index (χ2v) is 4.54. The van der Waals surface area contributed by atoms with Gasteiger partial charge >= 0.3 is 0 Å². The SMILES string of the molecule is CCCOc1ccc2c(C(N)=O)c(CC(N)=O)[nH]c2c1. The van der Waals surface area contributed by atoms with Gasteiger partial charge in [-0.1, -0.05) is 6.92 Å². The van der Waals surface area contributed by atoms with Crippen LogP contribution in [0.5, 0.6) is 5.75 Å². The maximum atomic E-state index is 11.6. The van der Waals surface area contributed by atoms with E-state index in [1.165, 1.54) is 0 Å². The van der Waals surface area contributed by atoms with Gasteiger partial charge in [-0.05, 0) is 18.6 Å².